The van der Waals surface area contributed by atoms with Crippen molar-refractivity contribution in [3.63, 3.8) is 0 Å². The minimum Gasteiger partial charge on any atom is -0.496 e. The van der Waals surface area contributed by atoms with E-state index >= 15 is 0 Å². The van der Waals surface area contributed by atoms with Gasteiger partial charge in [-0.3, -0.25) is 14.9 Å². The van der Waals surface area contributed by atoms with Gasteiger partial charge in [0.2, 0.25) is 0 Å². The molecule has 0 bridgehead atoms. The molecule has 2 atom stereocenters. The number of carbonyl (C=O) groups is 1. The normalized spacial score (nSPS) is 21.8. The van der Waals surface area contributed by atoms with Crippen LogP contribution in [0.15, 0.2) is 18.2 Å². The Morgan fingerprint density at radius 1 is 1.50 bits per heavy atom. The van der Waals surface area contributed by atoms with Crippen LogP contribution in [0.3, 0.4) is 0 Å². The Balaban J connectivity index is 2.34. The van der Waals surface area contributed by atoms with Crippen molar-refractivity contribution in [2.24, 2.45) is 11.8 Å². The van der Waals surface area contributed by atoms with Gasteiger partial charge in [-0.1, -0.05) is 6.92 Å². The third-order valence-corrected chi connectivity index (χ3v) is 3.65. The molecule has 2 rings (SSSR count). The second kappa shape index (κ2) is 5.36. The number of hydrogen-bond donors (Lipinski definition) is 1. The first-order chi connectivity index (χ1) is 9.43. The van der Waals surface area contributed by atoms with Crippen molar-refractivity contribution in [2.45, 2.75) is 6.92 Å². The molecule has 1 N–H and O–H groups in total. The van der Waals surface area contributed by atoms with Gasteiger partial charge in [0.15, 0.2) is 0 Å². The predicted octanol–water partition coefficient (Wildman–Crippen LogP) is 1.76. The predicted molar refractivity (Wildman–Crippen MR) is 72.2 cm³/mol. The molecule has 1 saturated heterocycles. The summed E-state index contributed by atoms with van der Waals surface area (Å²) < 4.78 is 4.99. The van der Waals surface area contributed by atoms with Gasteiger partial charge < -0.3 is 14.7 Å². The molecule has 1 aromatic carbocycles. The second-order valence-corrected chi connectivity index (χ2v) is 4.94. The monoisotopic (exact) mass is 280 g/mol. The Labute approximate surface area is 115 Å². The molecule has 20 heavy (non-hydrogen) atoms. The fourth-order valence-corrected chi connectivity index (χ4v) is 2.53. The number of nitro benzene ring substituents is 1. The average Bonchev–Trinajstić information content (AvgIpc) is 2.80. The number of nitro groups is 1. The third kappa shape index (κ3) is 2.52. The van der Waals surface area contributed by atoms with E-state index in [0.717, 1.165) is 0 Å². The summed E-state index contributed by atoms with van der Waals surface area (Å²) >= 11 is 0. The fraction of sp³-hybridized carbons (Fsp3) is 0.462. The van der Waals surface area contributed by atoms with Gasteiger partial charge in [-0.05, 0) is 18.1 Å². The van der Waals surface area contributed by atoms with E-state index in [2.05, 4.69) is 0 Å². The SMILES string of the molecule is COc1ccc(N2C[C@@H](C)[C@H](C(=O)O)C2)c([N+](=O)[O-])c1. The van der Waals surface area contributed by atoms with E-state index in [1.807, 2.05) is 6.92 Å². The van der Waals surface area contributed by atoms with Crippen LogP contribution in [-0.2, 0) is 4.79 Å². The Kier molecular flexibility index (Phi) is 3.78. The molecule has 1 aromatic rings. The molecule has 1 aliphatic heterocycles. The summed E-state index contributed by atoms with van der Waals surface area (Å²) in [5.41, 5.74) is 0.369. The van der Waals surface area contributed by atoms with Crippen LogP contribution in [0.4, 0.5) is 11.4 Å². The smallest absolute Gasteiger partial charge is 0.308 e. The van der Waals surface area contributed by atoms with E-state index in [1.54, 1.807) is 17.0 Å². The number of rotatable bonds is 4. The number of anilines is 1. The first-order valence-corrected chi connectivity index (χ1v) is 6.24. The van der Waals surface area contributed by atoms with Crippen LogP contribution in [0.5, 0.6) is 5.75 Å². The maximum Gasteiger partial charge on any atom is 0.308 e. The molecule has 0 spiro atoms. The fourth-order valence-electron chi connectivity index (χ4n) is 2.53. The van der Waals surface area contributed by atoms with Crippen molar-refractivity contribution in [2.75, 3.05) is 25.1 Å². The summed E-state index contributed by atoms with van der Waals surface area (Å²) in [6.45, 7) is 2.61. The first-order valence-electron chi connectivity index (χ1n) is 6.24. The van der Waals surface area contributed by atoms with Crippen LogP contribution >= 0.6 is 0 Å². The topological polar surface area (TPSA) is 92.9 Å². The van der Waals surface area contributed by atoms with Crippen LogP contribution in [0.2, 0.25) is 0 Å². The molecule has 7 nitrogen and oxygen atoms in total. The highest BCUT2D eigenvalue weighted by Gasteiger charge is 2.37. The standard InChI is InChI=1S/C13H16N2O5/c1-8-6-14(7-10(8)13(16)17)11-4-3-9(20-2)5-12(11)15(18)19/h3-5,8,10H,6-7H2,1-2H3,(H,16,17)/t8-,10-/m1/s1. The zero-order valence-corrected chi connectivity index (χ0v) is 11.3. The molecule has 108 valence electrons. The van der Waals surface area contributed by atoms with E-state index in [1.165, 1.54) is 13.2 Å². The highest BCUT2D eigenvalue weighted by atomic mass is 16.6. The number of ether oxygens (including phenoxy) is 1. The van der Waals surface area contributed by atoms with E-state index in [-0.39, 0.29) is 18.2 Å². The van der Waals surface area contributed by atoms with Gasteiger partial charge in [-0.25, -0.2) is 0 Å². The number of hydrogen-bond acceptors (Lipinski definition) is 5. The van der Waals surface area contributed by atoms with Crippen molar-refractivity contribution in [3.8, 4) is 5.75 Å². The van der Waals surface area contributed by atoms with Crippen LogP contribution in [0.1, 0.15) is 6.92 Å². The number of benzene rings is 1. The Bertz CT molecular complexity index is 546. The zero-order valence-electron chi connectivity index (χ0n) is 11.3. The lowest BCUT2D eigenvalue weighted by molar-refractivity contribution is -0.384. The maximum absolute atomic E-state index is 11.2. The van der Waals surface area contributed by atoms with E-state index in [4.69, 9.17) is 9.84 Å². The average molecular weight is 280 g/mol. The summed E-state index contributed by atoms with van der Waals surface area (Å²) in [6, 6.07) is 4.60. The van der Waals surface area contributed by atoms with Crippen molar-refractivity contribution >= 4 is 17.3 Å². The van der Waals surface area contributed by atoms with Crippen molar-refractivity contribution in [3.05, 3.63) is 28.3 Å². The number of aliphatic carboxylic acids is 1. The van der Waals surface area contributed by atoms with Crippen LogP contribution in [0, 0.1) is 22.0 Å². The van der Waals surface area contributed by atoms with Gasteiger partial charge in [-0.15, -0.1) is 0 Å². The highest BCUT2D eigenvalue weighted by Crippen LogP contribution is 2.36. The summed E-state index contributed by atoms with van der Waals surface area (Å²) in [6.07, 6.45) is 0. The van der Waals surface area contributed by atoms with Crippen LogP contribution < -0.4 is 9.64 Å². The number of carboxylic acids is 1. The maximum atomic E-state index is 11.2. The molecule has 0 amide bonds. The summed E-state index contributed by atoms with van der Waals surface area (Å²) in [5.74, 6) is -1.01. The van der Waals surface area contributed by atoms with E-state index in [0.29, 0.717) is 18.0 Å². The van der Waals surface area contributed by atoms with Crippen molar-refractivity contribution in [1.29, 1.82) is 0 Å². The molecule has 0 saturated carbocycles. The molecular formula is C13H16N2O5. The van der Waals surface area contributed by atoms with Crippen molar-refractivity contribution in [1.82, 2.24) is 0 Å². The highest BCUT2D eigenvalue weighted by molar-refractivity contribution is 5.74. The number of nitrogens with zero attached hydrogens (tertiary/aromatic N) is 2. The number of carboxylic acid groups (broad SMARTS) is 1. The molecule has 1 fully saturated rings. The summed E-state index contributed by atoms with van der Waals surface area (Å²) in [7, 11) is 1.44. The first kappa shape index (κ1) is 14.1. The molecule has 0 aliphatic carbocycles. The Morgan fingerprint density at radius 3 is 2.70 bits per heavy atom. The van der Waals surface area contributed by atoms with Gasteiger partial charge in [0.25, 0.3) is 5.69 Å². The molecule has 0 radical (unpaired) electrons. The largest absolute Gasteiger partial charge is 0.496 e. The summed E-state index contributed by atoms with van der Waals surface area (Å²) in [5, 5.41) is 20.3. The molecular weight excluding hydrogens is 264 g/mol. The summed E-state index contributed by atoms with van der Waals surface area (Å²) in [4.78, 5) is 23.6. The van der Waals surface area contributed by atoms with Crippen LogP contribution in [-0.4, -0.2) is 36.2 Å². The van der Waals surface area contributed by atoms with Gasteiger partial charge in [-0.2, -0.15) is 0 Å². The minimum absolute atomic E-state index is 0.0470. The van der Waals surface area contributed by atoms with E-state index < -0.39 is 16.8 Å². The second-order valence-electron chi connectivity index (χ2n) is 4.94. The van der Waals surface area contributed by atoms with E-state index in [9.17, 15) is 14.9 Å². The quantitative estimate of drug-likeness (QED) is 0.667. The molecule has 1 heterocycles. The lowest BCUT2D eigenvalue weighted by Gasteiger charge is -2.18. The van der Waals surface area contributed by atoms with Gasteiger partial charge in [0.05, 0.1) is 24.0 Å². The van der Waals surface area contributed by atoms with Gasteiger partial charge in [0, 0.05) is 13.1 Å². The minimum atomic E-state index is -0.865. The Hall–Kier alpha value is -2.31. The van der Waals surface area contributed by atoms with Crippen molar-refractivity contribution < 1.29 is 19.6 Å². The molecule has 7 heteroatoms. The van der Waals surface area contributed by atoms with Gasteiger partial charge in [0.1, 0.15) is 11.4 Å². The molecule has 1 aliphatic rings. The third-order valence-electron chi connectivity index (χ3n) is 3.65. The zero-order chi connectivity index (χ0) is 14.9. The lowest BCUT2D eigenvalue weighted by atomic mass is 9.99. The Morgan fingerprint density at radius 2 is 2.20 bits per heavy atom. The van der Waals surface area contributed by atoms with Crippen LogP contribution in [0.25, 0.3) is 0 Å². The molecule has 0 unspecified atom stereocenters. The number of methoxy groups -OCH3 is 1. The lowest BCUT2D eigenvalue weighted by Crippen LogP contribution is -2.23. The molecule has 0 aromatic heterocycles. The van der Waals surface area contributed by atoms with Gasteiger partial charge >= 0.3 is 5.97 Å².